The van der Waals surface area contributed by atoms with Crippen LogP contribution in [0.2, 0.25) is 0 Å². The van der Waals surface area contributed by atoms with Crippen LogP contribution in [0.5, 0.6) is 11.5 Å². The van der Waals surface area contributed by atoms with Crippen LogP contribution >= 0.6 is 0 Å². The molecule has 2 aliphatic rings. The van der Waals surface area contributed by atoms with Crippen LogP contribution < -0.4 is 5.73 Å². The Morgan fingerprint density at radius 1 is 1.29 bits per heavy atom. The summed E-state index contributed by atoms with van der Waals surface area (Å²) in [4.78, 5) is 2.11. The zero-order chi connectivity index (χ0) is 12.2. The van der Waals surface area contributed by atoms with E-state index in [1.54, 1.807) is 6.07 Å². The van der Waals surface area contributed by atoms with Crippen LogP contribution in [0.3, 0.4) is 0 Å². The molecule has 3 rings (SSSR count). The Balaban J connectivity index is 2.06. The van der Waals surface area contributed by atoms with Crippen molar-refractivity contribution in [1.29, 1.82) is 0 Å². The average Bonchev–Trinajstić information content (AvgIpc) is 2.57. The topological polar surface area (TPSA) is 90.0 Å². The molecule has 0 aromatic heterocycles. The third-order valence-corrected chi connectivity index (χ3v) is 3.78. The van der Waals surface area contributed by atoms with E-state index in [0.717, 1.165) is 5.56 Å². The lowest BCUT2D eigenvalue weighted by molar-refractivity contribution is 0.165. The van der Waals surface area contributed by atoms with Crippen LogP contribution in [-0.4, -0.2) is 38.9 Å². The van der Waals surface area contributed by atoms with E-state index in [1.807, 2.05) is 0 Å². The summed E-state index contributed by atoms with van der Waals surface area (Å²) in [7, 11) is 0. The number of fused-ring (bicyclic) bond motifs is 2. The summed E-state index contributed by atoms with van der Waals surface area (Å²) < 4.78 is 0. The van der Waals surface area contributed by atoms with Gasteiger partial charge in [-0.2, -0.15) is 0 Å². The summed E-state index contributed by atoms with van der Waals surface area (Å²) in [6, 6.07) is 2.72. The number of nitrogens with two attached hydrogens (primary N) is 1. The molecule has 3 atom stereocenters. The lowest BCUT2D eigenvalue weighted by Gasteiger charge is -2.36. The number of hydrogen-bond acceptors (Lipinski definition) is 5. The highest BCUT2D eigenvalue weighted by Gasteiger charge is 2.40. The molecular weight excluding hydrogens is 220 g/mol. The minimum Gasteiger partial charge on any atom is -0.508 e. The molecule has 5 N–H and O–H groups in total. The molecule has 3 unspecified atom stereocenters. The summed E-state index contributed by atoms with van der Waals surface area (Å²) in [5.41, 5.74) is 7.70. The van der Waals surface area contributed by atoms with Gasteiger partial charge in [0.2, 0.25) is 0 Å². The van der Waals surface area contributed by atoms with E-state index < -0.39 is 0 Å². The van der Waals surface area contributed by atoms with Gasteiger partial charge < -0.3 is 21.1 Å². The summed E-state index contributed by atoms with van der Waals surface area (Å²) in [6.07, 6.45) is 0.289. The Kier molecular flexibility index (Phi) is 2.29. The highest BCUT2D eigenvalue weighted by Crippen LogP contribution is 2.41. The van der Waals surface area contributed by atoms with Gasteiger partial charge in [0.15, 0.2) is 0 Å². The summed E-state index contributed by atoms with van der Waals surface area (Å²) >= 11 is 0. The van der Waals surface area contributed by atoms with Crippen LogP contribution in [-0.2, 0) is 6.54 Å². The molecule has 5 heteroatoms. The normalized spacial score (nSPS) is 32.2. The van der Waals surface area contributed by atoms with Gasteiger partial charge in [0.05, 0.1) is 6.10 Å². The first-order valence-corrected chi connectivity index (χ1v) is 5.78. The molecule has 2 aliphatic heterocycles. The minimum atomic E-state index is -0.351. The van der Waals surface area contributed by atoms with E-state index in [-0.39, 0.29) is 29.7 Å². The Morgan fingerprint density at radius 3 is 2.82 bits per heavy atom. The van der Waals surface area contributed by atoms with Crippen LogP contribution in [0.4, 0.5) is 0 Å². The van der Waals surface area contributed by atoms with Gasteiger partial charge in [0.1, 0.15) is 11.5 Å². The maximum absolute atomic E-state index is 9.87. The van der Waals surface area contributed by atoms with Crippen molar-refractivity contribution in [2.45, 2.75) is 31.2 Å². The van der Waals surface area contributed by atoms with Crippen LogP contribution in [0, 0.1) is 0 Å². The first-order valence-electron chi connectivity index (χ1n) is 5.78. The average molecular weight is 236 g/mol. The third-order valence-electron chi connectivity index (χ3n) is 3.78. The van der Waals surface area contributed by atoms with Gasteiger partial charge in [-0.3, -0.25) is 4.90 Å². The second-order valence-corrected chi connectivity index (χ2v) is 4.95. The SMILES string of the molecule is NC1c2c(O)cc(O)cc2CN2CC(O)CC12. The highest BCUT2D eigenvalue weighted by molar-refractivity contribution is 5.49. The van der Waals surface area contributed by atoms with E-state index in [2.05, 4.69) is 4.90 Å². The molecule has 0 amide bonds. The first-order chi connectivity index (χ1) is 8.06. The zero-order valence-corrected chi connectivity index (χ0v) is 9.37. The van der Waals surface area contributed by atoms with E-state index >= 15 is 0 Å². The number of aliphatic hydroxyl groups is 1. The van der Waals surface area contributed by atoms with Gasteiger partial charge in [-0.05, 0) is 18.1 Å². The second kappa shape index (κ2) is 3.60. The molecule has 2 heterocycles. The fourth-order valence-electron chi connectivity index (χ4n) is 3.07. The highest BCUT2D eigenvalue weighted by atomic mass is 16.3. The number of phenolic OH excluding ortho intramolecular Hbond substituents is 2. The minimum absolute atomic E-state index is 0.0478. The molecule has 5 nitrogen and oxygen atoms in total. The number of aromatic hydroxyl groups is 2. The van der Waals surface area contributed by atoms with Crippen molar-refractivity contribution in [3.63, 3.8) is 0 Å². The molecule has 0 spiro atoms. The summed E-state index contributed by atoms with van der Waals surface area (Å²) in [5, 5.41) is 29.0. The fourth-order valence-corrected chi connectivity index (χ4v) is 3.07. The zero-order valence-electron chi connectivity index (χ0n) is 9.37. The van der Waals surface area contributed by atoms with Crippen molar-refractivity contribution >= 4 is 0 Å². The standard InChI is InChI=1S/C12H16N2O3/c13-12-9-2-8(16)5-14(9)4-6-1-7(15)3-10(17)11(6)12/h1,3,8-9,12,15-17H,2,4-5,13H2. The van der Waals surface area contributed by atoms with Crippen molar-refractivity contribution in [3.8, 4) is 11.5 Å². The van der Waals surface area contributed by atoms with Crippen molar-refractivity contribution in [2.24, 2.45) is 5.73 Å². The largest absolute Gasteiger partial charge is 0.508 e. The number of benzene rings is 1. The predicted octanol–water partition coefficient (Wildman–Crippen LogP) is 0.0464. The summed E-state index contributed by atoms with van der Waals surface area (Å²) in [5.74, 6) is 0.0974. The van der Waals surface area contributed by atoms with Crippen molar-refractivity contribution < 1.29 is 15.3 Å². The van der Waals surface area contributed by atoms with Crippen molar-refractivity contribution in [1.82, 2.24) is 4.90 Å². The first kappa shape index (κ1) is 10.8. The molecule has 17 heavy (non-hydrogen) atoms. The quantitative estimate of drug-likeness (QED) is 0.511. The monoisotopic (exact) mass is 236 g/mol. The van der Waals surface area contributed by atoms with E-state index in [9.17, 15) is 15.3 Å². The van der Waals surface area contributed by atoms with Gasteiger partial charge in [-0.15, -0.1) is 0 Å². The molecule has 92 valence electrons. The van der Waals surface area contributed by atoms with Gasteiger partial charge in [-0.1, -0.05) is 0 Å². The van der Waals surface area contributed by atoms with E-state index in [1.165, 1.54) is 6.07 Å². The van der Waals surface area contributed by atoms with E-state index in [0.29, 0.717) is 25.1 Å². The molecular formula is C12H16N2O3. The van der Waals surface area contributed by atoms with Crippen molar-refractivity contribution in [2.75, 3.05) is 6.54 Å². The molecule has 1 fully saturated rings. The predicted molar refractivity (Wildman–Crippen MR) is 61.5 cm³/mol. The van der Waals surface area contributed by atoms with Crippen LogP contribution in [0.25, 0.3) is 0 Å². The Labute approximate surface area is 99.1 Å². The molecule has 1 aromatic carbocycles. The maximum atomic E-state index is 9.87. The van der Waals surface area contributed by atoms with Crippen LogP contribution in [0.15, 0.2) is 12.1 Å². The molecule has 0 radical (unpaired) electrons. The Morgan fingerprint density at radius 2 is 2.06 bits per heavy atom. The number of nitrogens with zero attached hydrogens (tertiary/aromatic N) is 1. The van der Waals surface area contributed by atoms with Crippen LogP contribution in [0.1, 0.15) is 23.6 Å². The molecule has 0 bridgehead atoms. The molecule has 1 saturated heterocycles. The number of rotatable bonds is 0. The molecule has 0 aliphatic carbocycles. The second-order valence-electron chi connectivity index (χ2n) is 4.95. The van der Waals surface area contributed by atoms with Gasteiger partial charge in [-0.25, -0.2) is 0 Å². The lowest BCUT2D eigenvalue weighted by atomic mass is 9.89. The van der Waals surface area contributed by atoms with Crippen molar-refractivity contribution in [3.05, 3.63) is 23.3 Å². The Bertz CT molecular complexity index is 463. The number of hydrogen-bond donors (Lipinski definition) is 4. The van der Waals surface area contributed by atoms with Gasteiger partial charge in [0, 0.05) is 36.8 Å². The van der Waals surface area contributed by atoms with Gasteiger partial charge >= 0.3 is 0 Å². The van der Waals surface area contributed by atoms with Gasteiger partial charge in [0.25, 0.3) is 0 Å². The third kappa shape index (κ3) is 1.58. The molecule has 0 saturated carbocycles. The lowest BCUT2D eigenvalue weighted by Crippen LogP contribution is -2.42. The fraction of sp³-hybridized carbons (Fsp3) is 0.500. The number of phenols is 2. The number of aliphatic hydroxyl groups excluding tert-OH is 1. The summed E-state index contributed by atoms with van der Waals surface area (Å²) in [6.45, 7) is 1.22. The maximum Gasteiger partial charge on any atom is 0.124 e. The van der Waals surface area contributed by atoms with E-state index in [4.69, 9.17) is 5.73 Å². The smallest absolute Gasteiger partial charge is 0.124 e. The Hall–Kier alpha value is -1.30. The molecule has 1 aromatic rings.